The average molecular weight is 267 g/mol. The van der Waals surface area contributed by atoms with Gasteiger partial charge in [-0.15, -0.1) is 0 Å². The molecule has 0 amide bonds. The van der Waals surface area contributed by atoms with Gasteiger partial charge in [0.25, 0.3) is 0 Å². The molecule has 2 fully saturated rings. The summed E-state index contributed by atoms with van der Waals surface area (Å²) in [4.78, 5) is 7.15. The van der Waals surface area contributed by atoms with Gasteiger partial charge in [-0.2, -0.15) is 0 Å². The number of nitrogens with two attached hydrogens (primary N) is 1. The lowest BCUT2D eigenvalue weighted by Gasteiger charge is -2.20. The smallest absolute Gasteiger partial charge is 0.205 e. The minimum atomic E-state index is 0.561. The van der Waals surface area contributed by atoms with Crippen molar-refractivity contribution in [3.8, 4) is 0 Å². The van der Waals surface area contributed by atoms with Crippen LogP contribution < -0.4 is 16.6 Å². The summed E-state index contributed by atoms with van der Waals surface area (Å²) >= 11 is 0. The van der Waals surface area contributed by atoms with Crippen molar-refractivity contribution in [1.29, 1.82) is 0 Å². The minimum absolute atomic E-state index is 0.561. The molecule has 0 aromatic carbocycles. The monoisotopic (exact) mass is 267 g/mol. The van der Waals surface area contributed by atoms with Crippen molar-refractivity contribution in [3.63, 3.8) is 0 Å². The van der Waals surface area contributed by atoms with Gasteiger partial charge in [0.05, 0.1) is 0 Å². The zero-order valence-corrected chi connectivity index (χ0v) is 12.4. The fourth-order valence-corrected chi connectivity index (χ4v) is 3.10. The van der Waals surface area contributed by atoms with Gasteiger partial charge in [0.2, 0.25) is 5.96 Å². The number of rotatable bonds is 4. The lowest BCUT2D eigenvalue weighted by Crippen LogP contribution is -2.45. The predicted molar refractivity (Wildman–Crippen MR) is 79.8 cm³/mol. The molecule has 1 saturated carbocycles. The SMILES string of the molecule is CC(C)N1CCC(CN=C(NN)NC2CCCC2)C1. The van der Waals surface area contributed by atoms with Gasteiger partial charge in [-0.25, -0.2) is 5.84 Å². The maximum Gasteiger partial charge on any atom is 0.205 e. The van der Waals surface area contributed by atoms with Crippen molar-refractivity contribution in [1.82, 2.24) is 15.6 Å². The zero-order chi connectivity index (χ0) is 13.7. The van der Waals surface area contributed by atoms with Crippen LogP contribution in [0.25, 0.3) is 0 Å². The standard InChI is InChI=1S/C14H29N5/c1-11(2)19-8-7-12(10-19)9-16-14(18-15)17-13-5-3-4-6-13/h11-13H,3-10,15H2,1-2H3,(H2,16,17,18). The highest BCUT2D eigenvalue weighted by atomic mass is 15.3. The zero-order valence-electron chi connectivity index (χ0n) is 12.4. The summed E-state index contributed by atoms with van der Waals surface area (Å²) < 4.78 is 0. The van der Waals surface area contributed by atoms with Crippen LogP contribution in [0.1, 0.15) is 46.0 Å². The molecule has 1 unspecified atom stereocenters. The van der Waals surface area contributed by atoms with Crippen LogP contribution in [0.5, 0.6) is 0 Å². The Labute approximate surface area is 117 Å². The molecule has 4 N–H and O–H groups in total. The van der Waals surface area contributed by atoms with E-state index in [0.717, 1.165) is 12.5 Å². The van der Waals surface area contributed by atoms with Crippen LogP contribution in [-0.2, 0) is 0 Å². The van der Waals surface area contributed by atoms with E-state index in [1.54, 1.807) is 0 Å². The van der Waals surface area contributed by atoms with Crippen molar-refractivity contribution in [2.45, 2.75) is 58.0 Å². The molecule has 19 heavy (non-hydrogen) atoms. The molecule has 2 rings (SSSR count). The molecule has 0 bridgehead atoms. The summed E-state index contributed by atoms with van der Waals surface area (Å²) in [5.74, 6) is 7.01. The fourth-order valence-electron chi connectivity index (χ4n) is 3.10. The highest BCUT2D eigenvalue weighted by molar-refractivity contribution is 5.79. The summed E-state index contributed by atoms with van der Waals surface area (Å²) in [5.41, 5.74) is 2.71. The lowest BCUT2D eigenvalue weighted by molar-refractivity contribution is 0.266. The highest BCUT2D eigenvalue weighted by Gasteiger charge is 2.24. The van der Waals surface area contributed by atoms with Crippen LogP contribution >= 0.6 is 0 Å². The third kappa shape index (κ3) is 4.35. The Hall–Kier alpha value is -0.810. The van der Waals surface area contributed by atoms with Crippen LogP contribution in [0.3, 0.4) is 0 Å². The first-order valence-electron chi connectivity index (χ1n) is 7.70. The Kier molecular flexibility index (Phi) is 5.45. The van der Waals surface area contributed by atoms with E-state index >= 15 is 0 Å². The number of hydrogen-bond acceptors (Lipinski definition) is 3. The summed E-state index contributed by atoms with van der Waals surface area (Å²) in [5, 5.41) is 3.42. The van der Waals surface area contributed by atoms with Crippen molar-refractivity contribution in [2.24, 2.45) is 16.8 Å². The van der Waals surface area contributed by atoms with Gasteiger partial charge in [-0.1, -0.05) is 12.8 Å². The van der Waals surface area contributed by atoms with Crippen molar-refractivity contribution in [3.05, 3.63) is 0 Å². The third-order valence-electron chi connectivity index (χ3n) is 4.39. The second kappa shape index (κ2) is 7.10. The van der Waals surface area contributed by atoms with Gasteiger partial charge < -0.3 is 10.2 Å². The number of guanidine groups is 1. The quantitative estimate of drug-likeness (QED) is 0.308. The van der Waals surface area contributed by atoms with Crippen LogP contribution in [0.4, 0.5) is 0 Å². The summed E-state index contributed by atoms with van der Waals surface area (Å²) in [6, 6.07) is 1.21. The Morgan fingerprint density at radius 2 is 2.05 bits per heavy atom. The van der Waals surface area contributed by atoms with Gasteiger partial charge >= 0.3 is 0 Å². The van der Waals surface area contributed by atoms with E-state index in [4.69, 9.17) is 5.84 Å². The van der Waals surface area contributed by atoms with Crippen LogP contribution in [-0.4, -0.2) is 42.6 Å². The van der Waals surface area contributed by atoms with E-state index in [2.05, 4.69) is 34.5 Å². The van der Waals surface area contributed by atoms with Crippen molar-refractivity contribution in [2.75, 3.05) is 19.6 Å². The Balaban J connectivity index is 1.76. The van der Waals surface area contributed by atoms with Gasteiger partial charge in [0, 0.05) is 25.2 Å². The fraction of sp³-hybridized carbons (Fsp3) is 0.929. The van der Waals surface area contributed by atoms with Gasteiger partial charge in [-0.3, -0.25) is 10.4 Å². The molecule has 1 atom stereocenters. The number of likely N-dealkylation sites (tertiary alicyclic amines) is 1. The van der Waals surface area contributed by atoms with E-state index in [0.29, 0.717) is 18.0 Å². The molecule has 1 heterocycles. The molecule has 2 aliphatic rings. The normalized spacial score (nSPS) is 26.3. The first-order chi connectivity index (χ1) is 9.19. The number of nitrogens with one attached hydrogen (secondary N) is 2. The summed E-state index contributed by atoms with van der Waals surface area (Å²) in [6.07, 6.45) is 6.38. The van der Waals surface area contributed by atoms with Gasteiger partial charge in [0.15, 0.2) is 0 Å². The van der Waals surface area contributed by atoms with E-state index in [1.807, 2.05) is 0 Å². The maximum absolute atomic E-state index is 5.56. The Bertz CT molecular complexity index is 296. The summed E-state index contributed by atoms with van der Waals surface area (Å²) in [6.45, 7) is 7.78. The van der Waals surface area contributed by atoms with Gasteiger partial charge in [0.1, 0.15) is 0 Å². The topological polar surface area (TPSA) is 65.7 Å². The van der Waals surface area contributed by atoms with Crippen molar-refractivity contribution < 1.29 is 0 Å². The largest absolute Gasteiger partial charge is 0.353 e. The first-order valence-corrected chi connectivity index (χ1v) is 7.70. The molecule has 5 nitrogen and oxygen atoms in total. The van der Waals surface area contributed by atoms with Gasteiger partial charge in [-0.05, 0) is 45.6 Å². The number of hydrogen-bond donors (Lipinski definition) is 3. The molecule has 0 aromatic rings. The average Bonchev–Trinajstić information content (AvgIpc) is 3.05. The van der Waals surface area contributed by atoms with Crippen molar-refractivity contribution >= 4 is 5.96 Å². The molecule has 5 heteroatoms. The first kappa shape index (κ1) is 14.6. The molecule has 1 aliphatic carbocycles. The lowest BCUT2D eigenvalue weighted by atomic mass is 10.1. The number of nitrogens with zero attached hydrogens (tertiary/aromatic N) is 2. The second-order valence-electron chi connectivity index (χ2n) is 6.20. The highest BCUT2D eigenvalue weighted by Crippen LogP contribution is 2.19. The number of hydrazine groups is 1. The third-order valence-corrected chi connectivity index (χ3v) is 4.39. The second-order valence-corrected chi connectivity index (χ2v) is 6.20. The molecular formula is C14H29N5. The maximum atomic E-state index is 5.56. The van der Waals surface area contributed by atoms with E-state index in [-0.39, 0.29) is 0 Å². The van der Waals surface area contributed by atoms with Crippen LogP contribution in [0.2, 0.25) is 0 Å². The molecule has 0 spiro atoms. The van der Waals surface area contributed by atoms with E-state index in [1.165, 1.54) is 45.2 Å². The Morgan fingerprint density at radius 3 is 2.63 bits per heavy atom. The minimum Gasteiger partial charge on any atom is -0.353 e. The van der Waals surface area contributed by atoms with Crippen LogP contribution in [0.15, 0.2) is 4.99 Å². The molecular weight excluding hydrogens is 238 g/mol. The van der Waals surface area contributed by atoms with E-state index in [9.17, 15) is 0 Å². The molecule has 0 radical (unpaired) electrons. The molecule has 110 valence electrons. The summed E-state index contributed by atoms with van der Waals surface area (Å²) in [7, 11) is 0. The van der Waals surface area contributed by atoms with Crippen LogP contribution in [0, 0.1) is 5.92 Å². The molecule has 1 aliphatic heterocycles. The Morgan fingerprint density at radius 1 is 1.32 bits per heavy atom. The molecule has 0 aromatic heterocycles. The predicted octanol–water partition coefficient (Wildman–Crippen LogP) is 1.07. The van der Waals surface area contributed by atoms with E-state index < -0.39 is 0 Å². The number of aliphatic imine (C=N–C) groups is 1. The molecule has 1 saturated heterocycles.